The number of nitrogens with one attached hydrogen (secondary N) is 2. The highest BCUT2D eigenvalue weighted by Crippen LogP contribution is 2.25. The highest BCUT2D eigenvalue weighted by atomic mass is 16.5. The summed E-state index contributed by atoms with van der Waals surface area (Å²) in [6.07, 6.45) is 5.26. The van der Waals surface area contributed by atoms with Crippen LogP contribution in [-0.2, 0) is 9.59 Å². The number of hydrogen-bond donors (Lipinski definition) is 2. The molecule has 174 valence electrons. The van der Waals surface area contributed by atoms with Gasteiger partial charge < -0.3 is 15.4 Å². The van der Waals surface area contributed by atoms with Gasteiger partial charge in [0.1, 0.15) is 11.8 Å². The molecule has 1 aliphatic carbocycles. The lowest BCUT2D eigenvalue weighted by Gasteiger charge is -2.32. The smallest absolute Gasteiger partial charge is 0.242 e. The van der Waals surface area contributed by atoms with Gasteiger partial charge >= 0.3 is 0 Å². The van der Waals surface area contributed by atoms with E-state index in [4.69, 9.17) is 4.74 Å². The quantitative estimate of drug-likeness (QED) is 0.557. The Balaban J connectivity index is 2.08. The number of carbonyl (C=O) groups excluding carboxylic acids is 2. The molecule has 1 saturated carbocycles. The fraction of sp³-hybridized carbons (Fsp3) is 0.680. The molecule has 0 aromatic heterocycles. The van der Waals surface area contributed by atoms with Crippen molar-refractivity contribution in [2.45, 2.75) is 71.9 Å². The minimum Gasteiger partial charge on any atom is -0.497 e. The molecule has 0 radical (unpaired) electrons. The van der Waals surface area contributed by atoms with Gasteiger partial charge in [-0.2, -0.15) is 0 Å². The summed E-state index contributed by atoms with van der Waals surface area (Å²) in [5.74, 6) is 0.793. The Morgan fingerprint density at radius 2 is 1.81 bits per heavy atom. The topological polar surface area (TPSA) is 70.7 Å². The van der Waals surface area contributed by atoms with Crippen molar-refractivity contribution >= 4 is 11.8 Å². The van der Waals surface area contributed by atoms with Gasteiger partial charge in [-0.3, -0.25) is 14.5 Å². The summed E-state index contributed by atoms with van der Waals surface area (Å²) in [7, 11) is 1.66. The molecule has 0 bridgehead atoms. The molecule has 6 heteroatoms. The van der Waals surface area contributed by atoms with Gasteiger partial charge in [0, 0.05) is 12.5 Å². The van der Waals surface area contributed by atoms with Crippen molar-refractivity contribution in [1.82, 2.24) is 15.5 Å². The number of benzene rings is 1. The van der Waals surface area contributed by atoms with E-state index in [-0.39, 0.29) is 29.7 Å². The average Bonchev–Trinajstić information content (AvgIpc) is 2.80. The van der Waals surface area contributed by atoms with E-state index in [0.717, 1.165) is 50.1 Å². The maximum atomic E-state index is 13.1. The van der Waals surface area contributed by atoms with Gasteiger partial charge in [0.15, 0.2) is 0 Å². The largest absolute Gasteiger partial charge is 0.497 e. The highest BCUT2D eigenvalue weighted by Gasteiger charge is 2.29. The van der Waals surface area contributed by atoms with E-state index < -0.39 is 6.04 Å². The second-order valence-corrected chi connectivity index (χ2v) is 8.82. The molecule has 0 saturated heterocycles. The number of ether oxygens (including phenoxy) is 1. The second kappa shape index (κ2) is 12.7. The average molecular weight is 432 g/mol. The third-order valence-corrected chi connectivity index (χ3v) is 6.42. The highest BCUT2D eigenvalue weighted by molar-refractivity contribution is 5.88. The lowest BCUT2D eigenvalue weighted by atomic mass is 9.88. The summed E-state index contributed by atoms with van der Waals surface area (Å²) in [5, 5.41) is 6.16. The maximum absolute atomic E-state index is 13.1. The molecule has 0 unspecified atom stereocenters. The predicted molar refractivity (Wildman–Crippen MR) is 125 cm³/mol. The van der Waals surface area contributed by atoms with E-state index in [1.54, 1.807) is 7.11 Å². The van der Waals surface area contributed by atoms with Crippen LogP contribution in [0.3, 0.4) is 0 Å². The summed E-state index contributed by atoms with van der Waals surface area (Å²) in [5.41, 5.74) is 1.11. The third-order valence-electron chi connectivity index (χ3n) is 6.42. The summed E-state index contributed by atoms with van der Waals surface area (Å²) >= 11 is 0. The maximum Gasteiger partial charge on any atom is 0.242 e. The summed E-state index contributed by atoms with van der Waals surface area (Å²) in [6.45, 7) is 10.4. The molecule has 31 heavy (non-hydrogen) atoms. The normalized spacial score (nSPS) is 16.7. The molecule has 1 fully saturated rings. The Bertz CT molecular complexity index is 697. The van der Waals surface area contributed by atoms with E-state index in [2.05, 4.69) is 35.4 Å². The summed E-state index contributed by atoms with van der Waals surface area (Å²) < 4.78 is 5.40. The summed E-state index contributed by atoms with van der Waals surface area (Å²) in [4.78, 5) is 28.1. The molecule has 2 atom stereocenters. The van der Waals surface area contributed by atoms with Crippen molar-refractivity contribution in [3.8, 4) is 5.75 Å². The SMILES string of the molecule is CCN(CC)[C@@H](CNC(=O)[C@@H](NC(=O)C1CCCCC1)C(C)C)c1cccc(OC)c1. The van der Waals surface area contributed by atoms with Crippen LogP contribution in [-0.4, -0.2) is 49.5 Å². The van der Waals surface area contributed by atoms with Crippen molar-refractivity contribution < 1.29 is 14.3 Å². The molecule has 0 heterocycles. The molecule has 2 rings (SSSR count). The van der Waals surface area contributed by atoms with Crippen LogP contribution in [0.15, 0.2) is 24.3 Å². The Hall–Kier alpha value is -2.08. The lowest BCUT2D eigenvalue weighted by molar-refractivity contribution is -0.132. The van der Waals surface area contributed by atoms with Gasteiger partial charge in [0.25, 0.3) is 0 Å². The first kappa shape index (κ1) is 25.2. The first-order valence-electron chi connectivity index (χ1n) is 11.9. The van der Waals surface area contributed by atoms with Crippen molar-refractivity contribution in [2.24, 2.45) is 11.8 Å². The molecule has 6 nitrogen and oxygen atoms in total. The summed E-state index contributed by atoms with van der Waals surface area (Å²) in [6, 6.07) is 7.53. The van der Waals surface area contributed by atoms with Crippen LogP contribution < -0.4 is 15.4 Å². The third kappa shape index (κ3) is 7.23. The van der Waals surface area contributed by atoms with Crippen molar-refractivity contribution in [2.75, 3.05) is 26.7 Å². The van der Waals surface area contributed by atoms with Crippen LogP contribution in [0.4, 0.5) is 0 Å². The molecule has 2 N–H and O–H groups in total. The molecule has 0 aliphatic heterocycles. The molecular weight excluding hydrogens is 390 g/mol. The predicted octanol–water partition coefficient (Wildman–Crippen LogP) is 3.92. The molecular formula is C25H41N3O3. The van der Waals surface area contributed by atoms with Crippen LogP contribution >= 0.6 is 0 Å². The zero-order chi connectivity index (χ0) is 22.8. The molecule has 1 aromatic carbocycles. The second-order valence-electron chi connectivity index (χ2n) is 8.82. The Kier molecular flexibility index (Phi) is 10.3. The van der Waals surface area contributed by atoms with Crippen LogP contribution in [0.1, 0.15) is 71.4 Å². The van der Waals surface area contributed by atoms with Crippen molar-refractivity contribution in [3.05, 3.63) is 29.8 Å². The van der Waals surface area contributed by atoms with E-state index in [9.17, 15) is 9.59 Å². The van der Waals surface area contributed by atoms with Gasteiger partial charge in [0.05, 0.1) is 13.2 Å². The van der Waals surface area contributed by atoms with E-state index in [0.29, 0.717) is 6.54 Å². The van der Waals surface area contributed by atoms with Crippen LogP contribution in [0.2, 0.25) is 0 Å². The standard InChI is InChI=1S/C25H41N3O3/c1-6-28(7-2)22(20-14-11-15-21(16-20)31-5)17-26-25(30)23(18(3)4)27-24(29)19-12-9-8-10-13-19/h11,14-16,18-19,22-23H,6-10,12-13,17H2,1-5H3,(H,26,30)(H,27,29)/t22-,23-/m0/s1. The minimum atomic E-state index is -0.517. The number of hydrogen-bond acceptors (Lipinski definition) is 4. The molecule has 2 amide bonds. The van der Waals surface area contributed by atoms with Gasteiger partial charge in [0.2, 0.25) is 11.8 Å². The first-order chi connectivity index (χ1) is 14.9. The minimum absolute atomic E-state index is 0.0243. The number of nitrogens with zero attached hydrogens (tertiary/aromatic N) is 1. The molecule has 1 aromatic rings. The number of methoxy groups -OCH3 is 1. The lowest BCUT2D eigenvalue weighted by Crippen LogP contribution is -2.52. The Morgan fingerprint density at radius 3 is 2.39 bits per heavy atom. The van der Waals surface area contributed by atoms with Gasteiger partial charge in [-0.1, -0.05) is 59.1 Å². The Labute approximate surface area is 188 Å². The van der Waals surface area contributed by atoms with Gasteiger partial charge in [-0.25, -0.2) is 0 Å². The van der Waals surface area contributed by atoms with Crippen LogP contribution in [0.5, 0.6) is 5.75 Å². The van der Waals surface area contributed by atoms with Crippen LogP contribution in [0, 0.1) is 11.8 Å². The fourth-order valence-electron chi connectivity index (χ4n) is 4.45. The van der Waals surface area contributed by atoms with E-state index in [1.165, 1.54) is 6.42 Å². The van der Waals surface area contributed by atoms with Crippen molar-refractivity contribution in [1.29, 1.82) is 0 Å². The number of carbonyl (C=O) groups is 2. The first-order valence-corrected chi connectivity index (χ1v) is 11.9. The number of likely N-dealkylation sites (N-methyl/N-ethyl adjacent to an activating group) is 1. The van der Waals surface area contributed by atoms with E-state index in [1.807, 2.05) is 32.0 Å². The Morgan fingerprint density at radius 1 is 1.13 bits per heavy atom. The van der Waals surface area contributed by atoms with Gasteiger partial charge in [-0.15, -0.1) is 0 Å². The zero-order valence-corrected chi connectivity index (χ0v) is 19.9. The number of rotatable bonds is 11. The fourth-order valence-corrected chi connectivity index (χ4v) is 4.45. The molecule has 0 spiro atoms. The number of amides is 2. The van der Waals surface area contributed by atoms with E-state index >= 15 is 0 Å². The van der Waals surface area contributed by atoms with Crippen molar-refractivity contribution in [3.63, 3.8) is 0 Å². The molecule has 1 aliphatic rings. The van der Waals surface area contributed by atoms with Gasteiger partial charge in [-0.05, 0) is 49.5 Å². The van der Waals surface area contributed by atoms with Crippen LogP contribution in [0.25, 0.3) is 0 Å². The monoisotopic (exact) mass is 431 g/mol. The zero-order valence-electron chi connectivity index (χ0n) is 19.9.